The van der Waals surface area contributed by atoms with Crippen molar-refractivity contribution in [1.29, 1.82) is 0 Å². The summed E-state index contributed by atoms with van der Waals surface area (Å²) in [5, 5.41) is 58.1. The first kappa shape index (κ1) is 30.8. The summed E-state index contributed by atoms with van der Waals surface area (Å²) in [7, 11) is 1.61. The molecule has 43 heavy (non-hydrogen) atoms. The molecule has 1 unspecified atom stereocenters. The summed E-state index contributed by atoms with van der Waals surface area (Å²) in [5.74, 6) is -3.21. The number of aromatic nitrogens is 4. The number of nitrogens with zero attached hydrogens (tertiary/aromatic N) is 5. The van der Waals surface area contributed by atoms with Crippen LogP contribution >= 0.6 is 11.6 Å². The second kappa shape index (κ2) is 11.8. The monoisotopic (exact) mass is 621 g/mol. The van der Waals surface area contributed by atoms with Gasteiger partial charge in [-0.15, -0.1) is 0 Å². The lowest BCUT2D eigenvalue weighted by Crippen LogP contribution is -2.54. The van der Waals surface area contributed by atoms with Gasteiger partial charge >= 0.3 is 11.9 Å². The number of hydrogen-bond acceptors (Lipinski definition) is 13. The lowest BCUT2D eigenvalue weighted by molar-refractivity contribution is -0.192. The van der Waals surface area contributed by atoms with Crippen LogP contribution in [0.1, 0.15) is 25.1 Å². The molecule has 5 atom stereocenters. The Morgan fingerprint density at radius 1 is 1.23 bits per heavy atom. The van der Waals surface area contributed by atoms with Crippen LogP contribution in [0, 0.1) is 0 Å². The number of aliphatic hydroxyl groups is 3. The summed E-state index contributed by atoms with van der Waals surface area (Å²) in [6.45, 7) is 1.83. The van der Waals surface area contributed by atoms with E-state index in [1.807, 2.05) is 0 Å². The van der Waals surface area contributed by atoms with Gasteiger partial charge < -0.3 is 45.2 Å². The number of benzene rings is 1. The van der Waals surface area contributed by atoms with Gasteiger partial charge in [0, 0.05) is 32.2 Å². The van der Waals surface area contributed by atoms with Crippen molar-refractivity contribution in [3.63, 3.8) is 0 Å². The predicted molar refractivity (Wildman–Crippen MR) is 150 cm³/mol. The van der Waals surface area contributed by atoms with Gasteiger partial charge in [-0.05, 0) is 42.6 Å². The van der Waals surface area contributed by atoms with Gasteiger partial charge in [0.05, 0.1) is 12.9 Å². The van der Waals surface area contributed by atoms with Gasteiger partial charge in [-0.2, -0.15) is 9.97 Å². The van der Waals surface area contributed by atoms with Gasteiger partial charge in [0.25, 0.3) is 5.60 Å². The third kappa shape index (κ3) is 5.58. The van der Waals surface area contributed by atoms with Crippen LogP contribution in [0.3, 0.4) is 0 Å². The van der Waals surface area contributed by atoms with Gasteiger partial charge in [0.15, 0.2) is 29.6 Å². The lowest BCUT2D eigenvalue weighted by atomic mass is 9.92. The molecule has 0 bridgehead atoms. The number of rotatable bonds is 10. The van der Waals surface area contributed by atoms with Gasteiger partial charge in [0.1, 0.15) is 17.8 Å². The molecule has 16 nitrogen and oxygen atoms in total. The molecule has 1 aromatic carbocycles. The van der Waals surface area contributed by atoms with Crippen molar-refractivity contribution in [2.75, 3.05) is 37.0 Å². The van der Waals surface area contributed by atoms with E-state index in [-0.39, 0.29) is 10.9 Å². The number of aliphatic hydroxyl groups excluding tert-OH is 2. The fraction of sp³-hybridized carbons (Fsp3) is 0.500. The minimum absolute atomic E-state index is 0.109. The summed E-state index contributed by atoms with van der Waals surface area (Å²) in [5.41, 5.74) is -3.25. The number of carboxylic acid groups (broad SMARTS) is 2. The number of hydrogen-bond donors (Lipinski definition) is 7. The van der Waals surface area contributed by atoms with Crippen molar-refractivity contribution in [1.82, 2.24) is 24.8 Å². The number of anilines is 2. The maximum Gasteiger partial charge on any atom is 0.348 e. The number of aliphatic carboxylic acids is 2. The smallest absolute Gasteiger partial charge is 0.348 e. The molecule has 17 heteroatoms. The maximum absolute atomic E-state index is 12.4. The lowest BCUT2D eigenvalue weighted by Gasteiger charge is -2.34. The largest absolute Gasteiger partial charge is 0.479 e. The fourth-order valence-electron chi connectivity index (χ4n) is 5.25. The SMILES string of the molecule is CNc1nc(Cl)nc2c1ncn2[C@@H]1O[C@H](COC(Cc2ccc(N3CCCNC3O)cc2)(C(=O)O)C(=O)O)[C@@](C)(O)[C@H]1O. The van der Waals surface area contributed by atoms with Crippen molar-refractivity contribution in [3.05, 3.63) is 41.4 Å². The Kier molecular flexibility index (Phi) is 8.45. The van der Waals surface area contributed by atoms with E-state index in [1.54, 1.807) is 36.2 Å². The van der Waals surface area contributed by atoms with Crippen molar-refractivity contribution in [3.8, 4) is 0 Å². The highest BCUT2D eigenvalue weighted by atomic mass is 35.5. The van der Waals surface area contributed by atoms with E-state index >= 15 is 0 Å². The predicted octanol–water partition coefficient (Wildman–Crippen LogP) is -0.226. The average Bonchev–Trinajstić information content (AvgIpc) is 3.48. The molecule has 2 saturated heterocycles. The van der Waals surface area contributed by atoms with E-state index in [1.165, 1.54) is 17.8 Å². The number of fused-ring (bicyclic) bond motifs is 1. The average molecular weight is 622 g/mol. The minimum atomic E-state index is -2.75. The number of ether oxygens (including phenoxy) is 2. The highest BCUT2D eigenvalue weighted by Gasteiger charge is 2.56. The van der Waals surface area contributed by atoms with Gasteiger partial charge in [0.2, 0.25) is 5.28 Å². The summed E-state index contributed by atoms with van der Waals surface area (Å²) in [4.78, 5) is 38.9. The van der Waals surface area contributed by atoms with Crippen LogP contribution in [0.15, 0.2) is 30.6 Å². The van der Waals surface area contributed by atoms with E-state index in [9.17, 15) is 35.1 Å². The maximum atomic E-state index is 12.4. The molecule has 5 rings (SSSR count). The highest BCUT2D eigenvalue weighted by Crippen LogP contribution is 2.39. The Morgan fingerprint density at radius 2 is 1.93 bits per heavy atom. The molecule has 232 valence electrons. The molecule has 2 aliphatic heterocycles. The standard InChI is InChI=1S/C26H32ClN7O9/c1-25(41)15(43-20(17(25)35)34-12-30-16-18(28-2)31-23(27)32-19(16)34)11-42-26(21(36)37,22(38)39)10-13-4-6-14(7-5-13)33-9-3-8-29-24(33)40/h4-7,12,15,17,20,24,29,35,40-41H,3,8-11H2,1-2H3,(H,36,37)(H,38,39)(H,28,31,32)/t15-,17+,20-,24?,25-/m1/s1. The van der Waals surface area contributed by atoms with E-state index in [2.05, 4.69) is 25.6 Å². The van der Waals surface area contributed by atoms with Crippen LogP contribution in [0.5, 0.6) is 0 Å². The number of nitrogens with one attached hydrogen (secondary N) is 2. The Morgan fingerprint density at radius 3 is 2.56 bits per heavy atom. The van der Waals surface area contributed by atoms with Gasteiger partial charge in [-0.25, -0.2) is 14.6 Å². The molecule has 0 amide bonds. The van der Waals surface area contributed by atoms with E-state index in [0.717, 1.165) is 6.42 Å². The van der Waals surface area contributed by atoms with Crippen LogP contribution in [-0.2, 0) is 25.5 Å². The number of imidazole rings is 1. The first-order valence-electron chi connectivity index (χ1n) is 13.4. The second-order valence-electron chi connectivity index (χ2n) is 10.6. The van der Waals surface area contributed by atoms with E-state index < -0.39 is 61.0 Å². The highest BCUT2D eigenvalue weighted by molar-refractivity contribution is 6.28. The summed E-state index contributed by atoms with van der Waals surface area (Å²) in [6.07, 6.45) is -3.53. The number of carboxylic acids is 2. The summed E-state index contributed by atoms with van der Waals surface area (Å²) >= 11 is 6.04. The molecule has 4 heterocycles. The zero-order valence-electron chi connectivity index (χ0n) is 23.2. The summed E-state index contributed by atoms with van der Waals surface area (Å²) in [6, 6.07) is 6.41. The van der Waals surface area contributed by atoms with Crippen LogP contribution in [-0.4, -0.2) is 113 Å². The molecule has 0 aliphatic carbocycles. The molecule has 2 fully saturated rings. The van der Waals surface area contributed by atoms with Gasteiger partial charge in [-0.3, -0.25) is 9.88 Å². The van der Waals surface area contributed by atoms with Gasteiger partial charge in [-0.1, -0.05) is 12.1 Å². The Hall–Kier alpha value is -3.64. The minimum Gasteiger partial charge on any atom is -0.479 e. The first-order valence-corrected chi connectivity index (χ1v) is 13.8. The molecular weight excluding hydrogens is 590 g/mol. The van der Waals surface area contributed by atoms with Crippen LogP contribution in [0.4, 0.5) is 11.5 Å². The third-order valence-electron chi connectivity index (χ3n) is 7.82. The molecule has 0 spiro atoms. The van der Waals surface area contributed by atoms with Crippen molar-refractivity contribution in [2.45, 2.75) is 55.8 Å². The zero-order chi connectivity index (χ0) is 31.1. The van der Waals surface area contributed by atoms with Crippen molar-refractivity contribution >= 4 is 46.2 Å². The van der Waals surface area contributed by atoms with E-state index in [0.29, 0.717) is 35.7 Å². The van der Waals surface area contributed by atoms with E-state index in [4.69, 9.17) is 21.1 Å². The molecule has 0 radical (unpaired) electrons. The van der Waals surface area contributed by atoms with Crippen LogP contribution in [0.25, 0.3) is 11.2 Å². The van der Waals surface area contributed by atoms with Crippen molar-refractivity contribution < 1.29 is 44.6 Å². The Labute approximate surface area is 249 Å². The summed E-state index contributed by atoms with van der Waals surface area (Å²) < 4.78 is 12.8. The zero-order valence-corrected chi connectivity index (χ0v) is 24.0. The molecule has 0 saturated carbocycles. The second-order valence-corrected chi connectivity index (χ2v) is 10.9. The molecule has 2 aromatic heterocycles. The number of carbonyl (C=O) groups is 2. The number of halogens is 1. The molecule has 3 aromatic rings. The van der Waals surface area contributed by atoms with Crippen LogP contribution < -0.4 is 15.5 Å². The van der Waals surface area contributed by atoms with Crippen LogP contribution in [0.2, 0.25) is 5.28 Å². The quantitative estimate of drug-likeness (QED) is 0.115. The molecular formula is C26H32ClN7O9. The topological polar surface area (TPSA) is 225 Å². The molecule has 2 aliphatic rings. The Bertz CT molecular complexity index is 1490. The molecule has 7 N–H and O–H groups in total. The fourth-order valence-corrected chi connectivity index (χ4v) is 5.41. The van der Waals surface area contributed by atoms with Crippen molar-refractivity contribution in [2.24, 2.45) is 0 Å². The Balaban J connectivity index is 1.36. The third-order valence-corrected chi connectivity index (χ3v) is 7.99. The normalized spacial score (nSPS) is 26.1. The first-order chi connectivity index (χ1) is 20.4.